The van der Waals surface area contributed by atoms with Gasteiger partial charge in [-0.15, -0.1) is 0 Å². The van der Waals surface area contributed by atoms with Gasteiger partial charge in [0.2, 0.25) is 0 Å². The van der Waals surface area contributed by atoms with E-state index in [4.69, 9.17) is 19.4 Å². The van der Waals surface area contributed by atoms with Crippen molar-refractivity contribution in [2.24, 2.45) is 5.41 Å². The van der Waals surface area contributed by atoms with Gasteiger partial charge in [0.1, 0.15) is 0 Å². The molecule has 0 fully saturated rings. The molecule has 1 aromatic carbocycles. The molecular formula is C21H30BrCs2NO5Si. The minimum Gasteiger partial charge on any atom is -0.652 e. The molecule has 0 aliphatic carbocycles. The molecule has 10 heteroatoms. The Morgan fingerprint density at radius 2 is 1.61 bits per heavy atom. The van der Waals surface area contributed by atoms with Crippen LogP contribution < -0.4 is 154 Å². The Hall–Kier alpha value is 2.46. The summed E-state index contributed by atoms with van der Waals surface area (Å²) in [6.45, 7) is 16.9. The van der Waals surface area contributed by atoms with Crippen LogP contribution in [-0.2, 0) is 11.0 Å². The van der Waals surface area contributed by atoms with Crippen molar-refractivity contribution in [3.05, 3.63) is 45.3 Å². The van der Waals surface area contributed by atoms with Crippen molar-refractivity contribution in [1.82, 2.24) is 4.57 Å². The predicted octanol–water partition coefficient (Wildman–Crippen LogP) is -2.63. The molecule has 0 saturated carbocycles. The van der Waals surface area contributed by atoms with Crippen LogP contribution in [0.4, 0.5) is 4.79 Å². The summed E-state index contributed by atoms with van der Waals surface area (Å²) in [5.74, 6) is 0. The maximum atomic E-state index is 12.8. The van der Waals surface area contributed by atoms with Crippen LogP contribution in [0.15, 0.2) is 39.7 Å². The largest absolute Gasteiger partial charge is 1.00 e. The second-order valence-electron chi connectivity index (χ2n) is 9.44. The quantitative estimate of drug-likeness (QED) is 0.313. The second kappa shape index (κ2) is 14.9. The van der Waals surface area contributed by atoms with Crippen molar-refractivity contribution in [1.29, 1.82) is 0 Å². The summed E-state index contributed by atoms with van der Waals surface area (Å²) in [5, 5.41) is 18.6. The smallest absolute Gasteiger partial charge is 0.652 e. The molecule has 0 atom stereocenters. The standard InChI is InChI=1S/C20H30BrNO2Si.CH2O3.2Cs/c1-19(2,3)25(6,7)24-14-20(4,5)13-22-11-10-15-12-16(21)8-9-17(15)18(22)23;2-1(3)4;;/h8-12H,13-14H2,1-7H3;(H2,2,3,4);;/q;;2*+1/p-2. The number of nitrogens with zero attached hydrogens (tertiary/aromatic N) is 1. The maximum absolute atomic E-state index is 12.8. The summed E-state index contributed by atoms with van der Waals surface area (Å²) < 4.78 is 9.19. The van der Waals surface area contributed by atoms with E-state index < -0.39 is 14.5 Å². The van der Waals surface area contributed by atoms with E-state index in [2.05, 4.69) is 63.6 Å². The van der Waals surface area contributed by atoms with Gasteiger partial charge in [0.25, 0.3) is 5.56 Å². The van der Waals surface area contributed by atoms with Crippen LogP contribution >= 0.6 is 15.9 Å². The van der Waals surface area contributed by atoms with E-state index in [9.17, 15) is 4.79 Å². The molecule has 1 heterocycles. The van der Waals surface area contributed by atoms with Crippen LogP contribution in [0, 0.1) is 5.41 Å². The number of rotatable bonds is 5. The Bertz CT molecular complexity index is 922. The number of carbonyl (C=O) groups excluding carboxylic acids is 1. The minimum absolute atomic E-state index is 0. The SMILES string of the molecule is CC(C)(CO[Si](C)(C)C(C)(C)C)Cn1ccc2cc(Br)ccc2c1=O.O=C([O-])[O-].[Cs+].[Cs+]. The number of hydrogen-bond donors (Lipinski definition) is 0. The van der Waals surface area contributed by atoms with E-state index in [1.807, 2.05) is 35.0 Å². The second-order valence-corrected chi connectivity index (χ2v) is 15.2. The van der Waals surface area contributed by atoms with Crippen molar-refractivity contribution in [2.75, 3.05) is 6.61 Å². The van der Waals surface area contributed by atoms with Crippen LogP contribution in [0.2, 0.25) is 18.1 Å². The zero-order valence-corrected chi connectivity index (χ0v) is 35.3. The molecule has 31 heavy (non-hydrogen) atoms. The monoisotopic (exact) mass is 749 g/mol. The molecule has 0 spiro atoms. The van der Waals surface area contributed by atoms with Crippen LogP contribution in [0.1, 0.15) is 34.6 Å². The molecule has 0 radical (unpaired) electrons. The first kappa shape index (κ1) is 35.6. The number of halogens is 1. The molecule has 162 valence electrons. The minimum atomic E-state index is -2.33. The fourth-order valence-corrected chi connectivity index (χ4v) is 4.05. The van der Waals surface area contributed by atoms with E-state index >= 15 is 0 Å². The van der Waals surface area contributed by atoms with Crippen molar-refractivity contribution < 1.29 is 157 Å². The predicted molar refractivity (Wildman–Crippen MR) is 118 cm³/mol. The van der Waals surface area contributed by atoms with Crippen LogP contribution in [0.5, 0.6) is 0 Å². The Morgan fingerprint density at radius 1 is 1.10 bits per heavy atom. The topological polar surface area (TPSA) is 94.4 Å². The Balaban J connectivity index is 0. The fraction of sp³-hybridized carbons (Fsp3) is 0.524. The summed E-state index contributed by atoms with van der Waals surface area (Å²) >= 11 is 3.46. The Morgan fingerprint density at radius 3 is 2.10 bits per heavy atom. The first-order valence-electron chi connectivity index (χ1n) is 9.36. The van der Waals surface area contributed by atoms with E-state index in [1.54, 1.807) is 0 Å². The van der Waals surface area contributed by atoms with Crippen molar-refractivity contribution in [3.8, 4) is 0 Å². The van der Waals surface area contributed by atoms with Crippen molar-refractivity contribution in [3.63, 3.8) is 0 Å². The van der Waals surface area contributed by atoms with Crippen LogP contribution in [-0.4, -0.2) is 25.6 Å². The summed E-state index contributed by atoms with van der Waals surface area (Å²) in [7, 11) is -1.79. The molecule has 0 saturated heterocycles. The molecule has 0 aliphatic heterocycles. The molecule has 0 bridgehead atoms. The van der Waals surface area contributed by atoms with Gasteiger partial charge < -0.3 is 24.0 Å². The number of pyridine rings is 1. The first-order chi connectivity index (χ1) is 13.1. The number of aromatic nitrogens is 1. The van der Waals surface area contributed by atoms with E-state index in [1.165, 1.54) is 0 Å². The van der Waals surface area contributed by atoms with Crippen molar-refractivity contribution in [2.45, 2.75) is 59.3 Å². The summed E-state index contributed by atoms with van der Waals surface area (Å²) in [6, 6.07) is 7.79. The zero-order chi connectivity index (χ0) is 22.6. The molecule has 0 unspecified atom stereocenters. The first-order valence-corrected chi connectivity index (χ1v) is 13.1. The van der Waals surface area contributed by atoms with Crippen LogP contribution in [0.3, 0.4) is 0 Å². The summed E-state index contributed by atoms with van der Waals surface area (Å²) in [5.41, 5.74) is -0.0482. The van der Waals surface area contributed by atoms with Gasteiger partial charge in [-0.2, -0.15) is 0 Å². The number of hydrogen-bond acceptors (Lipinski definition) is 5. The Labute approximate surface area is 312 Å². The number of carbonyl (C=O) groups is 1. The number of carboxylic acid groups (broad SMARTS) is 2. The molecule has 0 amide bonds. The van der Waals surface area contributed by atoms with Gasteiger partial charge in [0, 0.05) is 34.6 Å². The zero-order valence-electron chi connectivity index (χ0n) is 20.2. The molecule has 2 aromatic rings. The van der Waals surface area contributed by atoms with Gasteiger partial charge in [-0.3, -0.25) is 4.79 Å². The average molecular weight is 750 g/mol. The van der Waals surface area contributed by atoms with Crippen molar-refractivity contribution >= 4 is 41.2 Å². The van der Waals surface area contributed by atoms with Gasteiger partial charge in [-0.1, -0.05) is 50.5 Å². The average Bonchev–Trinajstić information content (AvgIpc) is 2.54. The number of benzene rings is 1. The molecule has 0 N–H and O–H groups in total. The molecule has 2 rings (SSSR count). The molecular weight excluding hydrogens is 720 g/mol. The van der Waals surface area contributed by atoms with Crippen LogP contribution in [0.25, 0.3) is 10.8 Å². The van der Waals surface area contributed by atoms with Gasteiger partial charge >= 0.3 is 138 Å². The third-order valence-electron chi connectivity index (χ3n) is 5.17. The van der Waals surface area contributed by atoms with E-state index in [-0.39, 0.29) is 154 Å². The fourth-order valence-electron chi connectivity index (χ4n) is 2.48. The third-order valence-corrected chi connectivity index (χ3v) is 10.1. The maximum Gasteiger partial charge on any atom is 1.00 e. The third kappa shape index (κ3) is 12.3. The van der Waals surface area contributed by atoms with Gasteiger partial charge in [0.15, 0.2) is 8.32 Å². The normalized spacial score (nSPS) is 11.6. The van der Waals surface area contributed by atoms with E-state index in [0.717, 1.165) is 15.2 Å². The molecule has 6 nitrogen and oxygen atoms in total. The van der Waals surface area contributed by atoms with Gasteiger partial charge in [-0.25, -0.2) is 0 Å². The van der Waals surface area contributed by atoms with Gasteiger partial charge in [0.05, 0.1) is 0 Å². The molecule has 1 aromatic heterocycles. The molecule has 0 aliphatic rings. The summed E-state index contributed by atoms with van der Waals surface area (Å²) in [6.07, 6.45) is -0.439. The Kier molecular flexibility index (Phi) is 17.1. The number of fused-ring (bicyclic) bond motifs is 1. The summed E-state index contributed by atoms with van der Waals surface area (Å²) in [4.78, 5) is 21.1. The van der Waals surface area contributed by atoms with Gasteiger partial charge in [-0.05, 0) is 53.9 Å². The van der Waals surface area contributed by atoms with E-state index in [0.29, 0.717) is 13.2 Å².